The van der Waals surface area contributed by atoms with Gasteiger partial charge in [0.1, 0.15) is 0 Å². The molecule has 1 aromatic rings. The molecule has 0 radical (unpaired) electrons. The van der Waals surface area contributed by atoms with Crippen molar-refractivity contribution in [3.05, 3.63) is 29.3 Å². The molecule has 0 aromatic heterocycles. The van der Waals surface area contributed by atoms with E-state index in [1.165, 1.54) is 6.07 Å². The van der Waals surface area contributed by atoms with Gasteiger partial charge in [-0.25, -0.2) is 0 Å². The number of nitrogens with zero attached hydrogens (tertiary/aromatic N) is 1. The molecule has 0 atom stereocenters. The fraction of sp³-hybridized carbons (Fsp3) is 0.500. The number of hydrogen-bond donors (Lipinski definition) is 2. The monoisotopic (exact) mass is 301 g/mol. The molecule has 1 saturated heterocycles. The fourth-order valence-electron chi connectivity index (χ4n) is 2.60. The standard InChI is InChI=1S/C14H18F3N3O/c15-14(16,17)10-1-2-12(11(7-10)13(19)21)20-5-3-9(8-18)4-6-20/h1-2,7,9H,3-6,8,18H2,(H2,19,21). The van der Waals surface area contributed by atoms with E-state index >= 15 is 0 Å². The van der Waals surface area contributed by atoms with Crippen LogP contribution in [0.1, 0.15) is 28.8 Å². The van der Waals surface area contributed by atoms with Gasteiger partial charge in [0, 0.05) is 18.8 Å². The molecule has 7 heteroatoms. The fourth-order valence-corrected chi connectivity index (χ4v) is 2.60. The highest BCUT2D eigenvalue weighted by Gasteiger charge is 2.32. The number of benzene rings is 1. The molecule has 116 valence electrons. The highest BCUT2D eigenvalue weighted by Crippen LogP contribution is 2.34. The molecule has 1 fully saturated rings. The second kappa shape index (κ2) is 5.93. The van der Waals surface area contributed by atoms with Gasteiger partial charge in [-0.1, -0.05) is 0 Å². The Morgan fingerprint density at radius 3 is 2.38 bits per heavy atom. The Hall–Kier alpha value is -1.76. The summed E-state index contributed by atoms with van der Waals surface area (Å²) in [7, 11) is 0. The summed E-state index contributed by atoms with van der Waals surface area (Å²) >= 11 is 0. The summed E-state index contributed by atoms with van der Waals surface area (Å²) < 4.78 is 38.2. The van der Waals surface area contributed by atoms with Crippen LogP contribution in [0, 0.1) is 5.92 Å². The lowest BCUT2D eigenvalue weighted by atomic mass is 9.95. The Morgan fingerprint density at radius 1 is 1.29 bits per heavy atom. The van der Waals surface area contributed by atoms with Crippen molar-refractivity contribution in [2.24, 2.45) is 17.4 Å². The van der Waals surface area contributed by atoms with Gasteiger partial charge in [0.2, 0.25) is 0 Å². The lowest BCUT2D eigenvalue weighted by Gasteiger charge is -2.34. The van der Waals surface area contributed by atoms with Crippen molar-refractivity contribution in [2.75, 3.05) is 24.5 Å². The summed E-state index contributed by atoms with van der Waals surface area (Å²) in [4.78, 5) is 13.4. The number of anilines is 1. The lowest BCUT2D eigenvalue weighted by molar-refractivity contribution is -0.137. The SMILES string of the molecule is NCC1CCN(c2ccc(C(F)(F)F)cc2C(N)=O)CC1. The average Bonchev–Trinajstić information content (AvgIpc) is 2.45. The molecule has 21 heavy (non-hydrogen) atoms. The number of rotatable bonds is 3. The van der Waals surface area contributed by atoms with Crippen LogP contribution in [0.2, 0.25) is 0 Å². The molecule has 1 aliphatic rings. The van der Waals surface area contributed by atoms with Crippen LogP contribution in [0.5, 0.6) is 0 Å². The van der Waals surface area contributed by atoms with E-state index in [0.717, 1.165) is 25.0 Å². The summed E-state index contributed by atoms with van der Waals surface area (Å²) in [5.41, 5.74) is 10.4. The van der Waals surface area contributed by atoms with Crippen LogP contribution in [-0.2, 0) is 6.18 Å². The van der Waals surface area contributed by atoms with Gasteiger partial charge in [-0.05, 0) is 43.5 Å². The number of carbonyl (C=O) groups is 1. The molecular formula is C14H18F3N3O. The van der Waals surface area contributed by atoms with E-state index in [1.807, 2.05) is 4.90 Å². The van der Waals surface area contributed by atoms with Gasteiger partial charge in [0.15, 0.2) is 0 Å². The first-order valence-electron chi connectivity index (χ1n) is 6.79. The molecule has 1 aromatic carbocycles. The third-order valence-electron chi connectivity index (χ3n) is 3.88. The predicted molar refractivity (Wildman–Crippen MR) is 74.0 cm³/mol. The first kappa shape index (κ1) is 15.6. The third-order valence-corrected chi connectivity index (χ3v) is 3.88. The van der Waals surface area contributed by atoms with Gasteiger partial charge in [-0.3, -0.25) is 4.79 Å². The second-order valence-corrected chi connectivity index (χ2v) is 5.26. The van der Waals surface area contributed by atoms with Gasteiger partial charge in [-0.15, -0.1) is 0 Å². The number of carbonyl (C=O) groups excluding carboxylic acids is 1. The van der Waals surface area contributed by atoms with Gasteiger partial charge in [-0.2, -0.15) is 13.2 Å². The van der Waals surface area contributed by atoms with Crippen molar-refractivity contribution in [1.82, 2.24) is 0 Å². The Balaban J connectivity index is 2.29. The molecule has 4 nitrogen and oxygen atoms in total. The maximum atomic E-state index is 12.7. The molecule has 0 spiro atoms. The Bertz CT molecular complexity index is 523. The molecule has 0 aliphatic carbocycles. The summed E-state index contributed by atoms with van der Waals surface area (Å²) in [5, 5.41) is 0. The second-order valence-electron chi connectivity index (χ2n) is 5.26. The van der Waals surface area contributed by atoms with Gasteiger partial charge < -0.3 is 16.4 Å². The molecule has 0 saturated carbocycles. The Labute approximate surface area is 120 Å². The maximum absolute atomic E-state index is 12.7. The number of halogens is 3. The quantitative estimate of drug-likeness (QED) is 0.896. The van der Waals surface area contributed by atoms with E-state index in [4.69, 9.17) is 11.5 Å². The van der Waals surface area contributed by atoms with Crippen LogP contribution in [0.25, 0.3) is 0 Å². The summed E-state index contributed by atoms with van der Waals surface area (Å²) in [6.45, 7) is 1.92. The van der Waals surface area contributed by atoms with Crippen LogP contribution < -0.4 is 16.4 Å². The van der Waals surface area contributed by atoms with E-state index in [1.54, 1.807) is 0 Å². The largest absolute Gasteiger partial charge is 0.416 e. The van der Waals surface area contributed by atoms with Crippen molar-refractivity contribution in [1.29, 1.82) is 0 Å². The number of amides is 1. The minimum absolute atomic E-state index is 0.0870. The third kappa shape index (κ3) is 3.47. The normalized spacial score (nSPS) is 17.0. The van der Waals surface area contributed by atoms with E-state index in [2.05, 4.69) is 0 Å². The molecule has 1 aliphatic heterocycles. The zero-order valence-electron chi connectivity index (χ0n) is 11.5. The molecule has 1 heterocycles. The van der Waals surface area contributed by atoms with Gasteiger partial charge in [0.25, 0.3) is 5.91 Å². The first-order valence-corrected chi connectivity index (χ1v) is 6.79. The topological polar surface area (TPSA) is 72.3 Å². The van der Waals surface area contributed by atoms with Crippen LogP contribution in [0.3, 0.4) is 0 Å². The molecule has 0 bridgehead atoms. The van der Waals surface area contributed by atoms with Crippen molar-refractivity contribution in [2.45, 2.75) is 19.0 Å². The highest BCUT2D eigenvalue weighted by molar-refractivity contribution is 5.99. The van der Waals surface area contributed by atoms with Crippen molar-refractivity contribution in [3.8, 4) is 0 Å². The Morgan fingerprint density at radius 2 is 1.90 bits per heavy atom. The van der Waals surface area contributed by atoms with Crippen LogP contribution in [0.15, 0.2) is 18.2 Å². The van der Waals surface area contributed by atoms with Gasteiger partial charge in [0.05, 0.1) is 11.1 Å². The van der Waals surface area contributed by atoms with Crippen LogP contribution in [-0.4, -0.2) is 25.5 Å². The minimum Gasteiger partial charge on any atom is -0.371 e. The zero-order valence-corrected chi connectivity index (χ0v) is 11.5. The van der Waals surface area contributed by atoms with E-state index in [9.17, 15) is 18.0 Å². The van der Waals surface area contributed by atoms with Crippen molar-refractivity contribution >= 4 is 11.6 Å². The number of primary amides is 1. The smallest absolute Gasteiger partial charge is 0.371 e. The predicted octanol–water partition coefficient (Wildman–Crippen LogP) is 1.98. The van der Waals surface area contributed by atoms with Crippen molar-refractivity contribution in [3.63, 3.8) is 0 Å². The summed E-state index contributed by atoms with van der Waals surface area (Å²) in [6, 6.07) is 3.13. The van der Waals surface area contributed by atoms with E-state index in [-0.39, 0.29) is 5.56 Å². The van der Waals surface area contributed by atoms with Crippen LogP contribution in [0.4, 0.5) is 18.9 Å². The molecule has 4 N–H and O–H groups in total. The minimum atomic E-state index is -4.49. The molecule has 1 amide bonds. The first-order chi connectivity index (χ1) is 9.82. The Kier molecular flexibility index (Phi) is 4.41. The summed E-state index contributed by atoms with van der Waals surface area (Å²) in [6.07, 6.45) is -2.78. The number of nitrogens with two attached hydrogens (primary N) is 2. The highest BCUT2D eigenvalue weighted by atomic mass is 19.4. The lowest BCUT2D eigenvalue weighted by Crippen LogP contribution is -2.37. The molecule has 2 rings (SSSR count). The van der Waals surface area contributed by atoms with Crippen molar-refractivity contribution < 1.29 is 18.0 Å². The van der Waals surface area contributed by atoms with Crippen LogP contribution >= 0.6 is 0 Å². The summed E-state index contributed by atoms with van der Waals surface area (Å²) in [5.74, 6) is -0.426. The molecule has 0 unspecified atom stereocenters. The molecular weight excluding hydrogens is 283 g/mol. The van der Waals surface area contributed by atoms with Gasteiger partial charge >= 0.3 is 6.18 Å². The van der Waals surface area contributed by atoms with E-state index in [0.29, 0.717) is 31.2 Å². The maximum Gasteiger partial charge on any atom is 0.416 e. The number of piperidine rings is 1. The number of alkyl halides is 3. The zero-order chi connectivity index (χ0) is 15.6. The van der Waals surface area contributed by atoms with E-state index < -0.39 is 17.6 Å². The average molecular weight is 301 g/mol. The number of hydrogen-bond acceptors (Lipinski definition) is 3.